The van der Waals surface area contributed by atoms with Crippen LogP contribution in [-0.2, 0) is 24.2 Å². The summed E-state index contributed by atoms with van der Waals surface area (Å²) in [6.45, 7) is 4.87. The van der Waals surface area contributed by atoms with Gasteiger partial charge in [0.1, 0.15) is 10.7 Å². The molecule has 5 rings (SSSR count). The Hall–Kier alpha value is -1.97. The van der Waals surface area contributed by atoms with Crippen LogP contribution in [0.3, 0.4) is 0 Å². The smallest absolute Gasteiger partial charge is 0.230 e. The van der Waals surface area contributed by atoms with Crippen LogP contribution in [0, 0.1) is 12.8 Å². The van der Waals surface area contributed by atoms with E-state index < -0.39 is 0 Å². The van der Waals surface area contributed by atoms with E-state index in [1.165, 1.54) is 28.6 Å². The van der Waals surface area contributed by atoms with E-state index in [4.69, 9.17) is 4.98 Å². The molecule has 6 nitrogen and oxygen atoms in total. The molecule has 1 aliphatic rings. The lowest BCUT2D eigenvalue weighted by molar-refractivity contribution is -0.118. The predicted octanol–water partition coefficient (Wildman–Crippen LogP) is 4.24. The molecule has 4 heterocycles. The molecular weight excluding hydrogens is 422 g/mol. The first-order chi connectivity index (χ1) is 14.1. The van der Waals surface area contributed by atoms with Crippen molar-refractivity contribution in [2.45, 2.75) is 44.8 Å². The van der Waals surface area contributed by atoms with Crippen molar-refractivity contribution in [3.8, 4) is 0 Å². The second kappa shape index (κ2) is 7.70. The molecule has 1 N–H and O–H groups in total. The third-order valence-corrected chi connectivity index (χ3v) is 8.26. The molecule has 0 fully saturated rings. The molecule has 0 saturated carbocycles. The number of hydrogen-bond donors (Lipinski definition) is 1. The second-order valence-electron chi connectivity index (χ2n) is 7.48. The van der Waals surface area contributed by atoms with Crippen molar-refractivity contribution < 1.29 is 4.79 Å². The average molecular weight is 444 g/mol. The monoisotopic (exact) mass is 443 g/mol. The van der Waals surface area contributed by atoms with Gasteiger partial charge in [0.05, 0.1) is 17.7 Å². The first kappa shape index (κ1) is 19.0. The summed E-state index contributed by atoms with van der Waals surface area (Å²) in [7, 11) is 0. The van der Waals surface area contributed by atoms with Crippen molar-refractivity contribution >= 4 is 56.2 Å². The zero-order chi connectivity index (χ0) is 20.0. The molecule has 4 aromatic heterocycles. The molecule has 1 atom stereocenters. The quantitative estimate of drug-likeness (QED) is 0.467. The van der Waals surface area contributed by atoms with E-state index in [1.54, 1.807) is 22.7 Å². The van der Waals surface area contributed by atoms with Crippen molar-refractivity contribution in [1.29, 1.82) is 0 Å². The Bertz CT molecular complexity index is 1190. The summed E-state index contributed by atoms with van der Waals surface area (Å²) in [5, 5.41) is 15.7. The average Bonchev–Trinajstić information content (AvgIpc) is 3.42. The highest BCUT2D eigenvalue weighted by Crippen LogP contribution is 2.39. The summed E-state index contributed by atoms with van der Waals surface area (Å²) >= 11 is 4.85. The predicted molar refractivity (Wildman–Crippen MR) is 119 cm³/mol. The summed E-state index contributed by atoms with van der Waals surface area (Å²) in [6.07, 6.45) is 3.41. The van der Waals surface area contributed by atoms with Crippen LogP contribution in [0.1, 0.15) is 34.5 Å². The van der Waals surface area contributed by atoms with Crippen LogP contribution >= 0.6 is 34.4 Å². The molecule has 150 valence electrons. The first-order valence-electron chi connectivity index (χ1n) is 9.68. The highest BCUT2D eigenvalue weighted by atomic mass is 32.2. The number of aryl methyl sites for hydroxylation is 2. The van der Waals surface area contributed by atoms with E-state index in [2.05, 4.69) is 22.4 Å². The van der Waals surface area contributed by atoms with Gasteiger partial charge in [-0.05, 0) is 49.1 Å². The molecule has 9 heteroatoms. The number of thioether (sulfide) groups is 1. The molecule has 29 heavy (non-hydrogen) atoms. The van der Waals surface area contributed by atoms with Gasteiger partial charge in [0.25, 0.3) is 0 Å². The largest absolute Gasteiger partial charge is 0.350 e. The van der Waals surface area contributed by atoms with Gasteiger partial charge in [0.15, 0.2) is 10.8 Å². The number of nitrogens with one attached hydrogen (secondary N) is 1. The van der Waals surface area contributed by atoms with Gasteiger partial charge in [-0.25, -0.2) is 4.98 Å². The molecule has 0 aliphatic heterocycles. The molecule has 0 spiro atoms. The minimum Gasteiger partial charge on any atom is -0.350 e. The lowest BCUT2D eigenvalue weighted by Crippen LogP contribution is -2.24. The summed E-state index contributed by atoms with van der Waals surface area (Å²) in [6, 6.07) is 4.01. The number of thiophene rings is 2. The fourth-order valence-electron chi connectivity index (χ4n) is 3.84. The molecule has 0 saturated heterocycles. The van der Waals surface area contributed by atoms with Crippen molar-refractivity contribution in [3.63, 3.8) is 0 Å². The maximum Gasteiger partial charge on any atom is 0.230 e. The van der Waals surface area contributed by atoms with Crippen molar-refractivity contribution in [2.75, 3.05) is 5.75 Å². The van der Waals surface area contributed by atoms with Crippen LogP contribution in [0.15, 0.2) is 22.7 Å². The Morgan fingerprint density at radius 1 is 1.41 bits per heavy atom. The maximum atomic E-state index is 12.2. The molecule has 0 aromatic carbocycles. The number of carbonyl (C=O) groups is 1. The number of nitrogens with zero attached hydrogens (tertiary/aromatic N) is 4. The van der Waals surface area contributed by atoms with Gasteiger partial charge in [-0.15, -0.1) is 32.9 Å². The first-order valence-corrected chi connectivity index (χ1v) is 12.4. The van der Waals surface area contributed by atoms with Gasteiger partial charge in [-0.3, -0.25) is 9.20 Å². The highest BCUT2D eigenvalue weighted by Gasteiger charge is 2.25. The van der Waals surface area contributed by atoms with E-state index in [0.29, 0.717) is 12.3 Å². The van der Waals surface area contributed by atoms with Gasteiger partial charge >= 0.3 is 0 Å². The Morgan fingerprint density at radius 3 is 3.14 bits per heavy atom. The Morgan fingerprint density at radius 2 is 2.31 bits per heavy atom. The van der Waals surface area contributed by atoms with E-state index in [-0.39, 0.29) is 5.91 Å². The van der Waals surface area contributed by atoms with E-state index in [0.717, 1.165) is 50.5 Å². The third-order valence-electron chi connectivity index (χ3n) is 5.31. The maximum absolute atomic E-state index is 12.2. The number of hydrogen-bond acceptors (Lipinski definition) is 7. The fourth-order valence-corrected chi connectivity index (χ4v) is 6.72. The summed E-state index contributed by atoms with van der Waals surface area (Å²) in [5.74, 6) is 1.90. The number of aromatic nitrogens is 4. The number of carbonyl (C=O) groups excluding carboxylic acids is 1. The number of amides is 1. The van der Waals surface area contributed by atoms with Crippen LogP contribution in [-0.4, -0.2) is 31.2 Å². The molecule has 0 radical (unpaired) electrons. The highest BCUT2D eigenvalue weighted by molar-refractivity contribution is 7.99. The van der Waals surface area contributed by atoms with Crippen molar-refractivity contribution in [3.05, 3.63) is 38.7 Å². The molecule has 1 aliphatic carbocycles. The number of rotatable bonds is 5. The Balaban J connectivity index is 1.40. The van der Waals surface area contributed by atoms with Gasteiger partial charge < -0.3 is 5.32 Å². The minimum absolute atomic E-state index is 0.00580. The minimum atomic E-state index is -0.00580. The normalized spacial score (nSPS) is 16.4. The van der Waals surface area contributed by atoms with Gasteiger partial charge in [0, 0.05) is 9.75 Å². The third kappa shape index (κ3) is 3.55. The zero-order valence-corrected chi connectivity index (χ0v) is 18.7. The standard InChI is InChI=1S/C20H21N5OS3/c1-11-5-6-14-15(8-11)29-19-17(14)18-23-24-20(25(18)12(2)22-19)28-10-16(26)21-9-13-4-3-7-27-13/h3-4,7,11H,5-6,8-10H2,1-2H3,(H,21,26). The van der Waals surface area contributed by atoms with Gasteiger partial charge in [-0.1, -0.05) is 24.8 Å². The van der Waals surface area contributed by atoms with E-state index >= 15 is 0 Å². The topological polar surface area (TPSA) is 72.2 Å². The summed E-state index contributed by atoms with van der Waals surface area (Å²) in [4.78, 5) is 20.8. The molecule has 1 amide bonds. The van der Waals surface area contributed by atoms with Crippen LogP contribution < -0.4 is 5.32 Å². The SMILES string of the molecule is Cc1nc2sc3c(c2c2nnc(SCC(=O)NCc4cccs4)n12)CCC(C)C3. The van der Waals surface area contributed by atoms with E-state index in [9.17, 15) is 4.79 Å². The van der Waals surface area contributed by atoms with Crippen LogP contribution in [0.25, 0.3) is 15.9 Å². The molecule has 1 unspecified atom stereocenters. The molecule has 4 aromatic rings. The lowest BCUT2D eigenvalue weighted by atomic mass is 9.89. The van der Waals surface area contributed by atoms with Crippen molar-refractivity contribution in [2.24, 2.45) is 5.92 Å². The summed E-state index contributed by atoms with van der Waals surface area (Å²) in [5.41, 5.74) is 2.28. The summed E-state index contributed by atoms with van der Waals surface area (Å²) < 4.78 is 2.00. The number of fused-ring (bicyclic) bond motifs is 5. The fraction of sp³-hybridized carbons (Fsp3) is 0.400. The van der Waals surface area contributed by atoms with E-state index in [1.807, 2.05) is 28.8 Å². The Kier molecular flexibility index (Phi) is 5.05. The van der Waals surface area contributed by atoms with Gasteiger partial charge in [-0.2, -0.15) is 0 Å². The zero-order valence-electron chi connectivity index (χ0n) is 16.3. The van der Waals surface area contributed by atoms with Crippen molar-refractivity contribution in [1.82, 2.24) is 24.9 Å². The second-order valence-corrected chi connectivity index (χ2v) is 10.5. The molecule has 0 bridgehead atoms. The Labute approximate surface area is 180 Å². The van der Waals surface area contributed by atoms with Crippen LogP contribution in [0.4, 0.5) is 0 Å². The van der Waals surface area contributed by atoms with Gasteiger partial charge in [0.2, 0.25) is 5.91 Å². The van der Waals surface area contributed by atoms with Crippen LogP contribution in [0.5, 0.6) is 0 Å². The van der Waals surface area contributed by atoms with Crippen LogP contribution in [0.2, 0.25) is 0 Å². The molecular formula is C20H21N5OS3. The lowest BCUT2D eigenvalue weighted by Gasteiger charge is -2.17.